The molecule has 2 atom stereocenters. The average Bonchev–Trinajstić information content (AvgIpc) is 3.14. The van der Waals surface area contributed by atoms with Crippen molar-refractivity contribution in [2.24, 2.45) is 11.8 Å². The van der Waals surface area contributed by atoms with Crippen LogP contribution in [-0.2, 0) is 9.53 Å². The van der Waals surface area contributed by atoms with Gasteiger partial charge in [-0.2, -0.15) is 5.10 Å². The van der Waals surface area contributed by atoms with E-state index in [2.05, 4.69) is 10.4 Å². The van der Waals surface area contributed by atoms with Gasteiger partial charge >= 0.3 is 5.97 Å². The number of rotatable bonds is 8. The first-order valence-electron chi connectivity index (χ1n) is 11.3. The van der Waals surface area contributed by atoms with Gasteiger partial charge in [0.05, 0.1) is 23.0 Å². The van der Waals surface area contributed by atoms with Crippen molar-refractivity contribution in [3.05, 3.63) is 68.8 Å². The number of ether oxygens (including phenoxy) is 1. The van der Waals surface area contributed by atoms with Crippen molar-refractivity contribution in [1.82, 2.24) is 15.1 Å². The summed E-state index contributed by atoms with van der Waals surface area (Å²) in [6.07, 6.45) is 0. The minimum absolute atomic E-state index is 0.140. The summed E-state index contributed by atoms with van der Waals surface area (Å²) in [4.78, 5) is 26.1. The van der Waals surface area contributed by atoms with Crippen molar-refractivity contribution < 1.29 is 14.3 Å². The Morgan fingerprint density at radius 3 is 2.23 bits per heavy atom. The molecule has 35 heavy (non-hydrogen) atoms. The predicted molar refractivity (Wildman–Crippen MR) is 141 cm³/mol. The molecular formula is C26H28Cl3N3O3. The molecule has 1 aromatic heterocycles. The number of nitrogens with one attached hydrogen (secondary N) is 1. The third-order valence-corrected chi connectivity index (χ3v) is 6.79. The second-order valence-corrected chi connectivity index (χ2v) is 9.92. The van der Waals surface area contributed by atoms with Crippen molar-refractivity contribution in [3.8, 4) is 16.9 Å². The summed E-state index contributed by atoms with van der Waals surface area (Å²) in [6.45, 7) is 9.65. The van der Waals surface area contributed by atoms with Gasteiger partial charge in [-0.1, -0.05) is 67.7 Å². The molecule has 0 spiro atoms. The molecule has 2 aromatic carbocycles. The summed E-state index contributed by atoms with van der Waals surface area (Å²) in [6, 6.07) is 11.4. The van der Waals surface area contributed by atoms with Crippen LogP contribution in [0, 0.1) is 18.8 Å². The van der Waals surface area contributed by atoms with E-state index in [0.717, 1.165) is 5.56 Å². The topological polar surface area (TPSA) is 73.2 Å². The van der Waals surface area contributed by atoms with E-state index in [-0.39, 0.29) is 24.1 Å². The van der Waals surface area contributed by atoms with E-state index in [9.17, 15) is 9.59 Å². The molecule has 9 heteroatoms. The van der Waals surface area contributed by atoms with Crippen LogP contribution in [0.25, 0.3) is 16.9 Å². The summed E-state index contributed by atoms with van der Waals surface area (Å²) < 4.78 is 6.83. The maximum absolute atomic E-state index is 13.5. The molecule has 6 nitrogen and oxygen atoms in total. The average molecular weight is 537 g/mol. The highest BCUT2D eigenvalue weighted by Gasteiger charge is 2.32. The molecule has 1 amide bonds. The lowest BCUT2D eigenvalue weighted by molar-refractivity contribution is -0.147. The van der Waals surface area contributed by atoms with Gasteiger partial charge < -0.3 is 10.1 Å². The Bertz CT molecular complexity index is 1220. The highest BCUT2D eigenvalue weighted by Crippen LogP contribution is 2.33. The fourth-order valence-electron chi connectivity index (χ4n) is 3.72. The summed E-state index contributed by atoms with van der Waals surface area (Å²) in [5.74, 6) is -0.965. The SMILES string of the molecule is CCOC(=O)C(NC(=O)c1nn(-c2ccc(Cl)cc2Cl)c(-c2ccc(Cl)cc2)c1C)C(C)C(C)C. The largest absolute Gasteiger partial charge is 0.464 e. The number of nitrogens with zero attached hydrogens (tertiary/aromatic N) is 2. The van der Waals surface area contributed by atoms with E-state index in [4.69, 9.17) is 39.5 Å². The van der Waals surface area contributed by atoms with E-state index in [1.807, 2.05) is 32.9 Å². The molecule has 0 aliphatic carbocycles. The first kappa shape index (κ1) is 27.1. The predicted octanol–water partition coefficient (Wildman–Crippen LogP) is 6.76. The Kier molecular flexibility index (Phi) is 8.86. The first-order chi connectivity index (χ1) is 16.5. The highest BCUT2D eigenvalue weighted by molar-refractivity contribution is 6.35. The molecule has 0 aliphatic rings. The molecule has 0 radical (unpaired) electrons. The summed E-state index contributed by atoms with van der Waals surface area (Å²) in [5, 5.41) is 8.91. The molecule has 0 saturated heterocycles. The van der Waals surface area contributed by atoms with Crippen LogP contribution in [0.3, 0.4) is 0 Å². The standard InChI is InChI=1S/C26H28Cl3N3O3/c1-6-35-26(34)23(15(4)14(2)3)30-25(33)22-16(5)24(17-7-9-18(27)10-8-17)32(31-22)21-12-11-19(28)13-20(21)29/h7-15,23H,6H2,1-5H3,(H,30,33). The van der Waals surface area contributed by atoms with Crippen LogP contribution in [0.15, 0.2) is 42.5 Å². The molecule has 2 unspecified atom stereocenters. The fraction of sp³-hybridized carbons (Fsp3) is 0.346. The quantitative estimate of drug-likeness (QED) is 0.323. The van der Waals surface area contributed by atoms with Crippen molar-refractivity contribution in [1.29, 1.82) is 0 Å². The molecule has 0 aliphatic heterocycles. The number of carbonyl (C=O) groups excluding carboxylic acids is 2. The van der Waals surface area contributed by atoms with E-state index in [1.165, 1.54) is 0 Å². The van der Waals surface area contributed by atoms with Crippen molar-refractivity contribution in [3.63, 3.8) is 0 Å². The van der Waals surface area contributed by atoms with Crippen LogP contribution in [0.5, 0.6) is 0 Å². The molecule has 0 fully saturated rings. The third-order valence-electron chi connectivity index (χ3n) is 6.00. The lowest BCUT2D eigenvalue weighted by Gasteiger charge is -2.25. The normalized spacial score (nSPS) is 12.9. The van der Waals surface area contributed by atoms with Crippen molar-refractivity contribution >= 4 is 46.7 Å². The van der Waals surface area contributed by atoms with E-state index in [1.54, 1.807) is 48.9 Å². The lowest BCUT2D eigenvalue weighted by Crippen LogP contribution is -2.47. The van der Waals surface area contributed by atoms with Crippen LogP contribution in [0.2, 0.25) is 15.1 Å². The first-order valence-corrected chi connectivity index (χ1v) is 12.5. The number of hydrogen-bond acceptors (Lipinski definition) is 4. The van der Waals surface area contributed by atoms with Gasteiger partial charge in [0.1, 0.15) is 6.04 Å². The van der Waals surface area contributed by atoms with Crippen LogP contribution in [-0.4, -0.2) is 34.3 Å². The van der Waals surface area contributed by atoms with E-state index >= 15 is 0 Å². The Labute approximate surface area is 220 Å². The van der Waals surface area contributed by atoms with Gasteiger partial charge in [-0.05, 0) is 56.0 Å². The van der Waals surface area contributed by atoms with Gasteiger partial charge in [-0.15, -0.1) is 0 Å². The van der Waals surface area contributed by atoms with Gasteiger partial charge in [0.25, 0.3) is 5.91 Å². The van der Waals surface area contributed by atoms with E-state index < -0.39 is 17.9 Å². The van der Waals surface area contributed by atoms with Gasteiger partial charge in [0.15, 0.2) is 5.69 Å². The fourth-order valence-corrected chi connectivity index (χ4v) is 4.33. The minimum atomic E-state index is -0.815. The number of hydrogen-bond donors (Lipinski definition) is 1. The Morgan fingerprint density at radius 2 is 1.66 bits per heavy atom. The highest BCUT2D eigenvalue weighted by atomic mass is 35.5. The summed E-state index contributed by atoms with van der Waals surface area (Å²) in [7, 11) is 0. The number of aromatic nitrogens is 2. The van der Waals surface area contributed by atoms with Crippen molar-refractivity contribution in [2.75, 3.05) is 6.61 Å². The zero-order valence-corrected chi connectivity index (χ0v) is 22.5. The van der Waals surface area contributed by atoms with Crippen LogP contribution in [0.1, 0.15) is 43.7 Å². The van der Waals surface area contributed by atoms with Crippen LogP contribution < -0.4 is 5.32 Å². The van der Waals surface area contributed by atoms with Gasteiger partial charge in [-0.3, -0.25) is 4.79 Å². The zero-order valence-electron chi connectivity index (χ0n) is 20.2. The van der Waals surface area contributed by atoms with Gasteiger partial charge in [0.2, 0.25) is 0 Å². The Morgan fingerprint density at radius 1 is 1.03 bits per heavy atom. The molecule has 3 rings (SSSR count). The molecule has 0 saturated carbocycles. The second-order valence-electron chi connectivity index (χ2n) is 8.64. The van der Waals surface area contributed by atoms with Gasteiger partial charge in [-0.25, -0.2) is 9.48 Å². The van der Waals surface area contributed by atoms with E-state index in [0.29, 0.717) is 32.0 Å². The molecule has 1 N–H and O–H groups in total. The van der Waals surface area contributed by atoms with Crippen LogP contribution in [0.4, 0.5) is 0 Å². The second kappa shape index (κ2) is 11.5. The minimum Gasteiger partial charge on any atom is -0.464 e. The molecule has 0 bridgehead atoms. The lowest BCUT2D eigenvalue weighted by atomic mass is 9.90. The van der Waals surface area contributed by atoms with Crippen molar-refractivity contribution in [2.45, 2.75) is 40.7 Å². The molecule has 3 aromatic rings. The summed E-state index contributed by atoms with van der Waals surface area (Å²) in [5.41, 5.74) is 2.81. The number of esters is 1. The molecule has 186 valence electrons. The third kappa shape index (κ3) is 6.00. The number of carbonyl (C=O) groups is 2. The number of benzene rings is 2. The van der Waals surface area contributed by atoms with Crippen LogP contribution >= 0.6 is 34.8 Å². The summed E-state index contributed by atoms with van der Waals surface area (Å²) >= 11 is 18.7. The number of amides is 1. The maximum atomic E-state index is 13.5. The maximum Gasteiger partial charge on any atom is 0.328 e. The smallest absolute Gasteiger partial charge is 0.328 e. The Hall–Kier alpha value is -2.54. The van der Waals surface area contributed by atoms with Gasteiger partial charge in [0, 0.05) is 21.2 Å². The zero-order chi connectivity index (χ0) is 25.9. The monoisotopic (exact) mass is 535 g/mol. The number of halogens is 3. The molecule has 1 heterocycles. The Balaban J connectivity index is 2.12. The molecular weight excluding hydrogens is 509 g/mol.